The zero-order valence-corrected chi connectivity index (χ0v) is 12.1. The number of rotatable bonds is 5. The predicted molar refractivity (Wildman–Crippen MR) is 71.5 cm³/mol. The molecule has 0 spiro atoms. The molecular formula is C13H19O5P. The Morgan fingerprint density at radius 3 is 2.16 bits per heavy atom. The summed E-state index contributed by atoms with van der Waals surface area (Å²) < 4.78 is 14.7. The number of phosphoric acid groups is 1. The predicted octanol–water partition coefficient (Wildman–Crippen LogP) is 2.62. The highest BCUT2D eigenvalue weighted by atomic mass is 31.2. The smallest absolute Gasteiger partial charge is 0.370 e. The van der Waals surface area contributed by atoms with Gasteiger partial charge in [0, 0.05) is 0 Å². The quantitative estimate of drug-likeness (QED) is 0.813. The van der Waals surface area contributed by atoms with E-state index in [0.717, 1.165) is 12.0 Å². The van der Waals surface area contributed by atoms with E-state index in [1.807, 2.05) is 12.1 Å². The topological polar surface area (TPSA) is 83.8 Å². The van der Waals surface area contributed by atoms with E-state index in [1.54, 1.807) is 19.1 Å². The van der Waals surface area contributed by atoms with Gasteiger partial charge in [0.25, 0.3) is 0 Å². The molecule has 19 heavy (non-hydrogen) atoms. The maximum absolute atomic E-state index is 11.5. The molecule has 0 saturated heterocycles. The summed E-state index contributed by atoms with van der Waals surface area (Å²) in [5.41, 5.74) is 1.83. The number of phosphoric ester groups is 1. The molecule has 0 aliphatic carbocycles. The zero-order valence-electron chi connectivity index (χ0n) is 11.2. The molecule has 1 atom stereocenters. The summed E-state index contributed by atoms with van der Waals surface area (Å²) in [5.74, 6) is -1.09. The van der Waals surface area contributed by atoms with Gasteiger partial charge < -0.3 is 4.52 Å². The fourth-order valence-electron chi connectivity index (χ4n) is 1.75. The highest BCUT2D eigenvalue weighted by Crippen LogP contribution is 2.38. The molecule has 0 aliphatic rings. The maximum atomic E-state index is 11.5. The van der Waals surface area contributed by atoms with Gasteiger partial charge in [-0.05, 0) is 30.4 Å². The number of carbonyl (C=O) groups is 1. The van der Waals surface area contributed by atoms with E-state index in [0.29, 0.717) is 11.5 Å². The van der Waals surface area contributed by atoms with Crippen LogP contribution in [0.15, 0.2) is 24.3 Å². The summed E-state index contributed by atoms with van der Waals surface area (Å²) >= 11 is 0. The molecule has 0 fully saturated rings. The standard InChI is InChI=1S/C13H19O5P/c1-9(2)8-11-4-6-12(7-5-11)10(3)13(14)18-19(15,16)17/h4-7,9-10H,8H2,1-3H3,(H2,15,16,17). The Hall–Kier alpha value is -1.16. The van der Waals surface area contributed by atoms with E-state index >= 15 is 0 Å². The fraction of sp³-hybridized carbons (Fsp3) is 0.462. The van der Waals surface area contributed by atoms with Gasteiger partial charge >= 0.3 is 13.8 Å². The Morgan fingerprint density at radius 1 is 1.21 bits per heavy atom. The molecule has 0 amide bonds. The van der Waals surface area contributed by atoms with Crippen LogP contribution in [0.5, 0.6) is 0 Å². The van der Waals surface area contributed by atoms with Crippen LogP contribution in [0.1, 0.15) is 37.8 Å². The minimum atomic E-state index is -4.77. The summed E-state index contributed by atoms with van der Waals surface area (Å²) in [5, 5.41) is 0. The minimum absolute atomic E-state index is 0.544. The Morgan fingerprint density at radius 2 is 1.74 bits per heavy atom. The first-order valence-corrected chi connectivity index (χ1v) is 7.60. The second-order valence-electron chi connectivity index (χ2n) is 4.96. The van der Waals surface area contributed by atoms with Crippen molar-refractivity contribution in [3.8, 4) is 0 Å². The average Bonchev–Trinajstić information content (AvgIpc) is 2.26. The molecule has 1 unspecified atom stereocenters. The Bertz CT molecular complexity index is 474. The van der Waals surface area contributed by atoms with Crippen molar-refractivity contribution in [2.45, 2.75) is 33.1 Å². The molecule has 5 nitrogen and oxygen atoms in total. The van der Waals surface area contributed by atoms with Crippen LogP contribution in [0.25, 0.3) is 0 Å². The lowest BCUT2D eigenvalue weighted by molar-refractivity contribution is -0.137. The molecule has 1 aromatic carbocycles. The lowest BCUT2D eigenvalue weighted by Gasteiger charge is -2.13. The van der Waals surface area contributed by atoms with Gasteiger partial charge in [0.1, 0.15) is 0 Å². The van der Waals surface area contributed by atoms with Crippen molar-refractivity contribution < 1.29 is 23.7 Å². The van der Waals surface area contributed by atoms with Crippen molar-refractivity contribution in [2.24, 2.45) is 5.92 Å². The normalized spacial score (nSPS) is 13.4. The van der Waals surface area contributed by atoms with Crippen molar-refractivity contribution in [3.05, 3.63) is 35.4 Å². The number of hydrogen-bond acceptors (Lipinski definition) is 3. The molecule has 106 valence electrons. The van der Waals surface area contributed by atoms with Crippen molar-refractivity contribution in [1.82, 2.24) is 0 Å². The van der Waals surface area contributed by atoms with Gasteiger partial charge in [-0.3, -0.25) is 14.6 Å². The van der Waals surface area contributed by atoms with E-state index in [2.05, 4.69) is 18.4 Å². The first-order chi connectivity index (χ1) is 8.69. The number of benzene rings is 1. The maximum Gasteiger partial charge on any atom is 0.527 e. The molecule has 0 aromatic heterocycles. The van der Waals surface area contributed by atoms with Gasteiger partial charge in [-0.1, -0.05) is 38.1 Å². The molecule has 2 N–H and O–H groups in total. The van der Waals surface area contributed by atoms with Gasteiger partial charge in [0.05, 0.1) is 5.92 Å². The number of carbonyl (C=O) groups excluding carboxylic acids is 1. The largest absolute Gasteiger partial charge is 0.527 e. The summed E-state index contributed by atoms with van der Waals surface area (Å²) in [6, 6.07) is 7.39. The minimum Gasteiger partial charge on any atom is -0.370 e. The molecular weight excluding hydrogens is 267 g/mol. The summed E-state index contributed by atoms with van der Waals surface area (Å²) in [4.78, 5) is 28.7. The van der Waals surface area contributed by atoms with Crippen LogP contribution in [-0.2, 0) is 20.3 Å². The van der Waals surface area contributed by atoms with Crippen LogP contribution in [0.3, 0.4) is 0 Å². The van der Waals surface area contributed by atoms with Crippen LogP contribution in [-0.4, -0.2) is 15.8 Å². The Kier molecular flexibility index (Phi) is 5.29. The van der Waals surface area contributed by atoms with Crippen LogP contribution >= 0.6 is 7.82 Å². The van der Waals surface area contributed by atoms with Gasteiger partial charge in [-0.25, -0.2) is 4.57 Å². The molecule has 0 radical (unpaired) electrons. The highest BCUT2D eigenvalue weighted by molar-refractivity contribution is 7.46. The van der Waals surface area contributed by atoms with Crippen LogP contribution in [0.4, 0.5) is 0 Å². The first kappa shape index (κ1) is 15.9. The summed E-state index contributed by atoms with van der Waals surface area (Å²) in [6.45, 7) is 5.79. The van der Waals surface area contributed by atoms with Crippen LogP contribution in [0, 0.1) is 5.92 Å². The van der Waals surface area contributed by atoms with Gasteiger partial charge in [0.15, 0.2) is 0 Å². The molecule has 0 bridgehead atoms. The second-order valence-corrected chi connectivity index (χ2v) is 6.13. The van der Waals surface area contributed by atoms with Gasteiger partial charge in [0.2, 0.25) is 0 Å². The molecule has 0 aliphatic heterocycles. The van der Waals surface area contributed by atoms with E-state index < -0.39 is 19.7 Å². The van der Waals surface area contributed by atoms with Crippen molar-refractivity contribution in [1.29, 1.82) is 0 Å². The zero-order chi connectivity index (χ0) is 14.6. The fourth-order valence-corrected chi connectivity index (χ4v) is 2.14. The van der Waals surface area contributed by atoms with E-state index in [4.69, 9.17) is 9.79 Å². The molecule has 6 heteroatoms. The van der Waals surface area contributed by atoms with Crippen molar-refractivity contribution in [2.75, 3.05) is 0 Å². The van der Waals surface area contributed by atoms with E-state index in [1.165, 1.54) is 0 Å². The highest BCUT2D eigenvalue weighted by Gasteiger charge is 2.25. The molecule has 0 saturated carbocycles. The average molecular weight is 286 g/mol. The molecule has 0 heterocycles. The van der Waals surface area contributed by atoms with Crippen LogP contribution in [0.2, 0.25) is 0 Å². The third-order valence-corrected chi connectivity index (χ3v) is 3.10. The third-order valence-electron chi connectivity index (χ3n) is 2.69. The second kappa shape index (κ2) is 6.33. The number of hydrogen-bond donors (Lipinski definition) is 2. The van der Waals surface area contributed by atoms with Crippen LogP contribution < -0.4 is 0 Å². The van der Waals surface area contributed by atoms with Crippen molar-refractivity contribution >= 4 is 13.8 Å². The van der Waals surface area contributed by atoms with Gasteiger partial charge in [-0.15, -0.1) is 0 Å². The lowest BCUT2D eigenvalue weighted by Crippen LogP contribution is -2.11. The monoisotopic (exact) mass is 286 g/mol. The Labute approximate surface area is 112 Å². The molecule has 1 rings (SSSR count). The van der Waals surface area contributed by atoms with Crippen molar-refractivity contribution in [3.63, 3.8) is 0 Å². The summed E-state index contributed by atoms with van der Waals surface area (Å²) in [6.07, 6.45) is 0.946. The Balaban J connectivity index is 2.75. The van der Waals surface area contributed by atoms with E-state index in [9.17, 15) is 9.36 Å². The van der Waals surface area contributed by atoms with E-state index in [-0.39, 0.29) is 0 Å². The third kappa shape index (κ3) is 5.55. The SMILES string of the molecule is CC(C)Cc1ccc(C(C)C(=O)OP(=O)(O)O)cc1. The van der Waals surface area contributed by atoms with Gasteiger partial charge in [-0.2, -0.15) is 0 Å². The first-order valence-electron chi connectivity index (χ1n) is 6.07. The summed E-state index contributed by atoms with van der Waals surface area (Å²) in [7, 11) is -4.77. The molecule has 1 aromatic rings. The lowest BCUT2D eigenvalue weighted by atomic mass is 9.97.